The van der Waals surface area contributed by atoms with Crippen molar-refractivity contribution in [3.8, 4) is 0 Å². The van der Waals surface area contributed by atoms with Gasteiger partial charge >= 0.3 is 5.97 Å². The highest BCUT2D eigenvalue weighted by Crippen LogP contribution is 2.15. The summed E-state index contributed by atoms with van der Waals surface area (Å²) >= 11 is 3.31. The minimum atomic E-state index is -0.972. The smallest absolute Gasteiger partial charge is 0.338 e. The summed E-state index contributed by atoms with van der Waals surface area (Å²) in [5, 5.41) is 5.25. The highest BCUT2D eigenvalue weighted by atomic mass is 79.9. The molecule has 0 saturated heterocycles. The molecule has 0 aliphatic rings. The number of hydrogen-bond donors (Lipinski definition) is 2. The largest absolute Gasteiger partial charge is 0.449 e. The summed E-state index contributed by atoms with van der Waals surface area (Å²) in [4.78, 5) is 35.4. The maximum Gasteiger partial charge on any atom is 0.338 e. The number of esters is 1. The Kier molecular flexibility index (Phi) is 6.30. The normalized spacial score (nSPS) is 11.3. The number of amides is 2. The zero-order valence-corrected chi connectivity index (χ0v) is 15.3. The van der Waals surface area contributed by atoms with Gasteiger partial charge in [0.05, 0.1) is 5.56 Å². The Balaban J connectivity index is 1.98. The summed E-state index contributed by atoms with van der Waals surface area (Å²) < 4.78 is 6.07. The summed E-state index contributed by atoms with van der Waals surface area (Å²) in [6.45, 7) is 2.86. The molecule has 2 N–H and O–H groups in total. The van der Waals surface area contributed by atoms with Gasteiger partial charge in [0, 0.05) is 22.8 Å². The molecule has 0 bridgehead atoms. The van der Waals surface area contributed by atoms with E-state index < -0.39 is 18.0 Å². The van der Waals surface area contributed by atoms with E-state index in [1.165, 1.54) is 19.9 Å². The van der Waals surface area contributed by atoms with Crippen LogP contribution in [0.4, 0.5) is 11.4 Å². The average Bonchev–Trinajstić information content (AvgIpc) is 2.56. The molecule has 2 rings (SSSR count). The van der Waals surface area contributed by atoms with Gasteiger partial charge in [-0.15, -0.1) is 0 Å². The van der Waals surface area contributed by atoms with Crippen LogP contribution in [0, 0.1) is 0 Å². The quantitative estimate of drug-likeness (QED) is 0.745. The predicted octanol–water partition coefficient (Wildman–Crippen LogP) is 3.59. The Morgan fingerprint density at radius 1 is 1.00 bits per heavy atom. The van der Waals surface area contributed by atoms with Gasteiger partial charge in [0.1, 0.15) is 0 Å². The van der Waals surface area contributed by atoms with E-state index in [4.69, 9.17) is 4.74 Å². The molecule has 2 amide bonds. The van der Waals surface area contributed by atoms with E-state index in [9.17, 15) is 14.4 Å². The summed E-state index contributed by atoms with van der Waals surface area (Å²) in [6.07, 6.45) is -0.972. The number of ether oxygens (including phenoxy) is 1. The van der Waals surface area contributed by atoms with E-state index in [1.54, 1.807) is 42.5 Å². The third-order valence-electron chi connectivity index (χ3n) is 3.18. The zero-order valence-electron chi connectivity index (χ0n) is 13.7. The van der Waals surface area contributed by atoms with Gasteiger partial charge in [-0.2, -0.15) is 0 Å². The summed E-state index contributed by atoms with van der Waals surface area (Å²) in [5.41, 5.74) is 1.33. The molecule has 0 aliphatic heterocycles. The molecule has 2 aromatic rings. The molecule has 6 nitrogen and oxygen atoms in total. The monoisotopic (exact) mass is 404 g/mol. The molecule has 130 valence electrons. The van der Waals surface area contributed by atoms with E-state index >= 15 is 0 Å². The number of nitrogens with one attached hydrogen (secondary N) is 2. The molecular formula is C18H17BrN2O4. The molecule has 0 heterocycles. The van der Waals surface area contributed by atoms with Crippen molar-refractivity contribution in [2.75, 3.05) is 10.6 Å². The zero-order chi connectivity index (χ0) is 18.4. The van der Waals surface area contributed by atoms with Crippen LogP contribution in [-0.2, 0) is 14.3 Å². The molecule has 0 unspecified atom stereocenters. The van der Waals surface area contributed by atoms with Crippen LogP contribution in [0.15, 0.2) is 53.0 Å². The van der Waals surface area contributed by atoms with Gasteiger partial charge in [0.25, 0.3) is 5.91 Å². The fourth-order valence-electron chi connectivity index (χ4n) is 1.99. The van der Waals surface area contributed by atoms with Crippen LogP contribution in [0.1, 0.15) is 24.2 Å². The predicted molar refractivity (Wildman–Crippen MR) is 98.4 cm³/mol. The van der Waals surface area contributed by atoms with Crippen molar-refractivity contribution in [3.05, 3.63) is 58.6 Å². The lowest BCUT2D eigenvalue weighted by molar-refractivity contribution is -0.123. The van der Waals surface area contributed by atoms with Crippen LogP contribution >= 0.6 is 15.9 Å². The van der Waals surface area contributed by atoms with Crippen molar-refractivity contribution in [1.29, 1.82) is 0 Å². The fraction of sp³-hybridized carbons (Fsp3) is 0.167. The lowest BCUT2D eigenvalue weighted by atomic mass is 10.2. The van der Waals surface area contributed by atoms with E-state index in [0.717, 1.165) is 4.47 Å². The highest BCUT2D eigenvalue weighted by Gasteiger charge is 2.19. The van der Waals surface area contributed by atoms with Crippen LogP contribution in [0.2, 0.25) is 0 Å². The van der Waals surface area contributed by atoms with Crippen LogP contribution in [0.5, 0.6) is 0 Å². The first-order chi connectivity index (χ1) is 11.8. The van der Waals surface area contributed by atoms with Gasteiger partial charge in [0.2, 0.25) is 5.91 Å². The summed E-state index contributed by atoms with van der Waals surface area (Å²) in [7, 11) is 0. The lowest BCUT2D eigenvalue weighted by Crippen LogP contribution is -2.30. The Bertz CT molecular complexity index is 790. The SMILES string of the molecule is CC(=O)Nc1cccc(C(=O)O[C@H](C)C(=O)Nc2ccc(Br)cc2)c1. The van der Waals surface area contributed by atoms with Crippen molar-refractivity contribution in [2.45, 2.75) is 20.0 Å². The molecule has 7 heteroatoms. The number of benzene rings is 2. The molecule has 0 fully saturated rings. The van der Waals surface area contributed by atoms with Crippen LogP contribution in [0.25, 0.3) is 0 Å². The molecule has 2 aromatic carbocycles. The first-order valence-electron chi connectivity index (χ1n) is 7.50. The van der Waals surface area contributed by atoms with Gasteiger partial charge in [-0.05, 0) is 49.4 Å². The Hall–Kier alpha value is -2.67. The lowest BCUT2D eigenvalue weighted by Gasteiger charge is -2.14. The second-order valence-corrected chi connectivity index (χ2v) is 6.22. The van der Waals surface area contributed by atoms with Crippen molar-refractivity contribution >= 4 is 45.1 Å². The number of anilines is 2. The first kappa shape index (κ1) is 18.7. The fourth-order valence-corrected chi connectivity index (χ4v) is 2.25. The number of rotatable bonds is 5. The number of hydrogen-bond acceptors (Lipinski definition) is 4. The summed E-state index contributed by atoms with van der Waals surface area (Å²) in [6, 6.07) is 13.4. The van der Waals surface area contributed by atoms with Crippen molar-refractivity contribution in [2.24, 2.45) is 0 Å². The molecule has 0 radical (unpaired) electrons. The van der Waals surface area contributed by atoms with Crippen LogP contribution in [0.3, 0.4) is 0 Å². The first-order valence-corrected chi connectivity index (χ1v) is 8.29. The Labute approximate surface area is 153 Å². The third kappa shape index (κ3) is 5.72. The standard InChI is InChI=1S/C18H17BrN2O4/c1-11(17(23)21-15-8-6-14(19)7-9-15)25-18(24)13-4-3-5-16(10-13)20-12(2)22/h3-11H,1-2H3,(H,20,22)(H,21,23)/t11-/m1/s1. The van der Waals surface area contributed by atoms with Gasteiger partial charge < -0.3 is 15.4 Å². The maximum absolute atomic E-state index is 12.2. The van der Waals surface area contributed by atoms with E-state index in [-0.39, 0.29) is 11.5 Å². The number of halogens is 1. The molecule has 25 heavy (non-hydrogen) atoms. The molecule has 0 aliphatic carbocycles. The third-order valence-corrected chi connectivity index (χ3v) is 3.71. The summed E-state index contributed by atoms with van der Waals surface area (Å²) in [5.74, 6) is -1.33. The minimum Gasteiger partial charge on any atom is -0.449 e. The second-order valence-electron chi connectivity index (χ2n) is 5.31. The van der Waals surface area contributed by atoms with E-state index in [2.05, 4.69) is 26.6 Å². The van der Waals surface area contributed by atoms with Gasteiger partial charge in [-0.3, -0.25) is 9.59 Å². The molecule has 0 saturated carbocycles. The van der Waals surface area contributed by atoms with E-state index in [0.29, 0.717) is 11.4 Å². The Morgan fingerprint density at radius 3 is 2.32 bits per heavy atom. The topological polar surface area (TPSA) is 84.5 Å². The van der Waals surface area contributed by atoms with Crippen molar-refractivity contribution in [1.82, 2.24) is 0 Å². The van der Waals surface area contributed by atoms with Crippen molar-refractivity contribution < 1.29 is 19.1 Å². The van der Waals surface area contributed by atoms with Gasteiger partial charge in [0.15, 0.2) is 6.10 Å². The van der Waals surface area contributed by atoms with E-state index in [1.807, 2.05) is 0 Å². The van der Waals surface area contributed by atoms with Crippen LogP contribution in [-0.4, -0.2) is 23.9 Å². The second kappa shape index (κ2) is 8.43. The molecule has 1 atom stereocenters. The van der Waals surface area contributed by atoms with Gasteiger partial charge in [-0.25, -0.2) is 4.79 Å². The molecule has 0 spiro atoms. The molecule has 0 aromatic heterocycles. The van der Waals surface area contributed by atoms with Crippen LogP contribution < -0.4 is 10.6 Å². The molecular weight excluding hydrogens is 388 g/mol. The van der Waals surface area contributed by atoms with Crippen molar-refractivity contribution in [3.63, 3.8) is 0 Å². The minimum absolute atomic E-state index is 0.243. The number of carbonyl (C=O) groups excluding carboxylic acids is 3. The average molecular weight is 405 g/mol. The highest BCUT2D eigenvalue weighted by molar-refractivity contribution is 9.10. The Morgan fingerprint density at radius 2 is 1.68 bits per heavy atom. The van der Waals surface area contributed by atoms with Gasteiger partial charge in [-0.1, -0.05) is 22.0 Å². The number of carbonyl (C=O) groups is 3. The maximum atomic E-state index is 12.2.